The number of fused-ring (bicyclic) bond motifs is 1. The van der Waals surface area contributed by atoms with Crippen LogP contribution in [0.1, 0.15) is 33.4 Å². The largest absolute Gasteiger partial charge is 0.326 e. The maximum Gasteiger partial charge on any atom is 0.229 e. The van der Waals surface area contributed by atoms with E-state index >= 15 is 0 Å². The summed E-state index contributed by atoms with van der Waals surface area (Å²) in [6.07, 6.45) is 0.883. The van der Waals surface area contributed by atoms with E-state index in [1.165, 1.54) is 0 Å². The molecule has 1 amide bonds. The highest BCUT2D eigenvalue weighted by Crippen LogP contribution is 2.32. The van der Waals surface area contributed by atoms with E-state index in [9.17, 15) is 4.79 Å². The monoisotopic (exact) mass is 404 g/mol. The molecule has 0 atom stereocenters. The number of carbonyl (C=O) groups is 1. The van der Waals surface area contributed by atoms with Crippen molar-refractivity contribution in [3.05, 3.63) is 59.6 Å². The molecule has 0 spiro atoms. The fourth-order valence-electron chi connectivity index (χ4n) is 3.02. The Morgan fingerprint density at radius 1 is 1.14 bits per heavy atom. The molecule has 4 rings (SSSR count). The van der Waals surface area contributed by atoms with Gasteiger partial charge in [-0.05, 0) is 24.6 Å². The number of nitrogens with zero attached hydrogens (tertiary/aromatic N) is 3. The molecule has 0 bridgehead atoms. The lowest BCUT2D eigenvalue weighted by Crippen LogP contribution is -2.27. The van der Waals surface area contributed by atoms with E-state index in [4.69, 9.17) is 10.1 Å². The predicted octanol–water partition coefficient (Wildman–Crippen LogP) is 5.70. The molecule has 0 saturated carbocycles. The summed E-state index contributed by atoms with van der Waals surface area (Å²) >= 11 is 1.58. The van der Waals surface area contributed by atoms with Crippen LogP contribution in [-0.4, -0.2) is 20.7 Å². The van der Waals surface area contributed by atoms with Crippen molar-refractivity contribution in [1.29, 1.82) is 0 Å². The van der Waals surface area contributed by atoms with Crippen LogP contribution in [0.3, 0.4) is 0 Å². The molecule has 2 aromatic carbocycles. The Hall–Kier alpha value is -2.99. The summed E-state index contributed by atoms with van der Waals surface area (Å²) in [5.41, 5.74) is 4.22. The van der Waals surface area contributed by atoms with Gasteiger partial charge in [0.05, 0.1) is 11.2 Å². The number of hydrogen-bond donors (Lipinski definition) is 1. The van der Waals surface area contributed by atoms with Gasteiger partial charge >= 0.3 is 0 Å². The second-order valence-corrected chi connectivity index (χ2v) is 8.87. The van der Waals surface area contributed by atoms with Crippen molar-refractivity contribution in [2.75, 3.05) is 5.32 Å². The third kappa shape index (κ3) is 3.80. The number of aryl methyl sites for hydroxylation is 1. The highest BCUT2D eigenvalue weighted by Gasteiger charge is 2.22. The Balaban J connectivity index is 1.87. The van der Waals surface area contributed by atoms with E-state index in [0.717, 1.165) is 45.1 Å². The van der Waals surface area contributed by atoms with Crippen LogP contribution in [0.5, 0.6) is 0 Å². The first kappa shape index (κ1) is 19.3. The van der Waals surface area contributed by atoms with Crippen LogP contribution < -0.4 is 5.32 Å². The number of amides is 1. The molecule has 0 aliphatic rings. The van der Waals surface area contributed by atoms with Gasteiger partial charge in [0.15, 0.2) is 0 Å². The van der Waals surface area contributed by atoms with Crippen molar-refractivity contribution >= 4 is 33.8 Å². The molecule has 0 unspecified atom stereocenters. The summed E-state index contributed by atoms with van der Waals surface area (Å²) in [5.74, 6) is -0.0197. The van der Waals surface area contributed by atoms with Gasteiger partial charge in [0.2, 0.25) is 11.0 Å². The summed E-state index contributed by atoms with van der Waals surface area (Å²) in [5, 5.41) is 11.8. The molecule has 4 aromatic rings. The standard InChI is InChI=1S/C23H24N4OS/c1-5-16-14-29-22(25-16)27-19-13-17(24-21(28)23(2,3)4)11-12-18(19)20(26-27)15-9-7-6-8-10-15/h6-14H,5H2,1-4H3,(H,24,28). The zero-order valence-electron chi connectivity index (χ0n) is 17.1. The van der Waals surface area contributed by atoms with Crippen LogP contribution in [0.4, 0.5) is 5.69 Å². The highest BCUT2D eigenvalue weighted by molar-refractivity contribution is 7.12. The molecule has 2 heterocycles. The molecule has 148 valence electrons. The SMILES string of the molecule is CCc1csc(-n2nc(-c3ccccc3)c3ccc(NC(=O)C(C)(C)C)cc32)n1. The number of benzene rings is 2. The van der Waals surface area contributed by atoms with E-state index in [1.807, 2.05) is 61.9 Å². The molecule has 29 heavy (non-hydrogen) atoms. The Kier molecular flexibility index (Phi) is 4.96. The second-order valence-electron chi connectivity index (χ2n) is 8.04. The molecular weight excluding hydrogens is 380 g/mol. The first-order chi connectivity index (χ1) is 13.9. The van der Waals surface area contributed by atoms with Gasteiger partial charge < -0.3 is 5.32 Å². The number of rotatable bonds is 4. The number of nitrogens with one attached hydrogen (secondary N) is 1. The highest BCUT2D eigenvalue weighted by atomic mass is 32.1. The summed E-state index contributed by atoms with van der Waals surface area (Å²) < 4.78 is 1.88. The number of carbonyl (C=O) groups excluding carboxylic acids is 1. The van der Waals surface area contributed by atoms with E-state index in [0.29, 0.717) is 0 Å². The van der Waals surface area contributed by atoms with Gasteiger partial charge in [-0.1, -0.05) is 58.0 Å². The van der Waals surface area contributed by atoms with E-state index in [2.05, 4.69) is 29.8 Å². The maximum atomic E-state index is 12.5. The summed E-state index contributed by atoms with van der Waals surface area (Å²) in [4.78, 5) is 17.2. The first-order valence-corrected chi connectivity index (χ1v) is 10.6. The minimum atomic E-state index is -0.463. The van der Waals surface area contributed by atoms with Crippen LogP contribution in [0.2, 0.25) is 0 Å². The van der Waals surface area contributed by atoms with Gasteiger partial charge in [-0.15, -0.1) is 11.3 Å². The van der Waals surface area contributed by atoms with Crippen LogP contribution >= 0.6 is 11.3 Å². The minimum Gasteiger partial charge on any atom is -0.326 e. The number of aromatic nitrogens is 3. The van der Waals surface area contributed by atoms with Crippen LogP contribution in [0, 0.1) is 5.41 Å². The molecule has 0 radical (unpaired) electrons. The van der Waals surface area contributed by atoms with E-state index < -0.39 is 5.41 Å². The van der Waals surface area contributed by atoms with Crippen LogP contribution in [0.25, 0.3) is 27.3 Å². The molecule has 6 heteroatoms. The number of thiazole rings is 1. The van der Waals surface area contributed by atoms with Gasteiger partial charge in [0, 0.05) is 27.4 Å². The molecule has 2 aromatic heterocycles. The van der Waals surface area contributed by atoms with Gasteiger partial charge in [-0.3, -0.25) is 4.79 Å². The van der Waals surface area contributed by atoms with Crippen molar-refractivity contribution < 1.29 is 4.79 Å². The molecule has 0 saturated heterocycles. The molecule has 1 N–H and O–H groups in total. The van der Waals surface area contributed by atoms with E-state index in [-0.39, 0.29) is 5.91 Å². The quantitative estimate of drug-likeness (QED) is 0.475. The Bertz CT molecular complexity index is 1170. The van der Waals surface area contributed by atoms with Crippen molar-refractivity contribution in [2.45, 2.75) is 34.1 Å². The van der Waals surface area contributed by atoms with Gasteiger partial charge in [0.1, 0.15) is 5.69 Å². The normalized spacial score (nSPS) is 11.7. The third-order valence-corrected chi connectivity index (χ3v) is 5.62. The summed E-state index contributed by atoms with van der Waals surface area (Å²) in [7, 11) is 0. The summed E-state index contributed by atoms with van der Waals surface area (Å²) in [6, 6.07) is 16.1. The smallest absolute Gasteiger partial charge is 0.229 e. The number of hydrogen-bond acceptors (Lipinski definition) is 4. The first-order valence-electron chi connectivity index (χ1n) is 9.71. The molecular formula is C23H24N4OS. The van der Waals surface area contributed by atoms with Crippen molar-refractivity contribution in [1.82, 2.24) is 14.8 Å². The Morgan fingerprint density at radius 2 is 1.90 bits per heavy atom. The minimum absolute atomic E-state index is 0.0197. The average molecular weight is 405 g/mol. The lowest BCUT2D eigenvalue weighted by Gasteiger charge is -2.17. The predicted molar refractivity (Wildman–Crippen MR) is 120 cm³/mol. The zero-order chi connectivity index (χ0) is 20.6. The van der Waals surface area contributed by atoms with Crippen molar-refractivity contribution in [3.63, 3.8) is 0 Å². The molecule has 0 fully saturated rings. The van der Waals surface area contributed by atoms with Gasteiger partial charge in [0.25, 0.3) is 0 Å². The average Bonchev–Trinajstić information content (AvgIpc) is 3.32. The lowest BCUT2D eigenvalue weighted by atomic mass is 9.95. The Labute approximate surface area is 174 Å². The molecule has 0 aliphatic carbocycles. The maximum absolute atomic E-state index is 12.5. The number of anilines is 1. The van der Waals surface area contributed by atoms with E-state index in [1.54, 1.807) is 11.3 Å². The van der Waals surface area contributed by atoms with Crippen molar-refractivity contribution in [2.24, 2.45) is 5.41 Å². The second kappa shape index (κ2) is 7.44. The van der Waals surface area contributed by atoms with Crippen LogP contribution in [0.15, 0.2) is 53.9 Å². The molecule has 0 aliphatic heterocycles. The van der Waals surface area contributed by atoms with Gasteiger partial charge in [-0.2, -0.15) is 5.10 Å². The topological polar surface area (TPSA) is 59.8 Å². The third-order valence-electron chi connectivity index (χ3n) is 4.75. The van der Waals surface area contributed by atoms with Crippen LogP contribution in [-0.2, 0) is 11.2 Å². The van der Waals surface area contributed by atoms with Gasteiger partial charge in [-0.25, -0.2) is 9.67 Å². The molecule has 5 nitrogen and oxygen atoms in total. The Morgan fingerprint density at radius 3 is 2.55 bits per heavy atom. The lowest BCUT2D eigenvalue weighted by molar-refractivity contribution is -0.123. The summed E-state index contributed by atoms with van der Waals surface area (Å²) in [6.45, 7) is 7.80. The zero-order valence-corrected chi connectivity index (χ0v) is 17.9. The fourth-order valence-corrected chi connectivity index (χ4v) is 3.89. The van der Waals surface area contributed by atoms with Crippen molar-refractivity contribution in [3.8, 4) is 16.4 Å². The fraction of sp³-hybridized carbons (Fsp3) is 0.261.